The van der Waals surface area contributed by atoms with Crippen LogP contribution >= 0.6 is 0 Å². The van der Waals surface area contributed by atoms with Crippen molar-refractivity contribution in [2.45, 2.75) is 84.7 Å². The Morgan fingerprint density at radius 3 is 1.67 bits per heavy atom. The van der Waals surface area contributed by atoms with Gasteiger partial charge in [0.25, 0.3) is 0 Å². The molecule has 0 radical (unpaired) electrons. The summed E-state index contributed by atoms with van der Waals surface area (Å²) in [6.45, 7) is 15.2. The molecule has 0 saturated heterocycles. The summed E-state index contributed by atoms with van der Waals surface area (Å²) in [7, 11) is -2.08. The van der Waals surface area contributed by atoms with Gasteiger partial charge in [0.2, 0.25) is 0 Å². The summed E-state index contributed by atoms with van der Waals surface area (Å²) in [5, 5.41) is 0.210. The second kappa shape index (κ2) is 9.11. The van der Waals surface area contributed by atoms with Crippen molar-refractivity contribution in [3.8, 4) is 0 Å². The predicted molar refractivity (Wildman–Crippen MR) is 82.3 cm³/mol. The van der Waals surface area contributed by atoms with Crippen LogP contribution in [0.15, 0.2) is 0 Å². The van der Waals surface area contributed by atoms with E-state index in [0.29, 0.717) is 0 Å². The second-order valence-corrected chi connectivity index (χ2v) is 9.93. The Kier molecular flexibility index (Phi) is 9.18. The number of hydrogen-bond acceptors (Lipinski definition) is 2. The molecule has 0 aromatic rings. The largest absolute Gasteiger partial charge is 0.394 e. The van der Waals surface area contributed by atoms with Crippen molar-refractivity contribution in [2.75, 3.05) is 13.2 Å². The van der Waals surface area contributed by atoms with Gasteiger partial charge < -0.3 is 8.85 Å². The summed E-state index contributed by atoms with van der Waals surface area (Å²) in [6.07, 6.45) is 5.89. The Morgan fingerprint density at radius 1 is 0.833 bits per heavy atom. The van der Waals surface area contributed by atoms with E-state index in [0.717, 1.165) is 32.1 Å². The van der Waals surface area contributed by atoms with E-state index >= 15 is 0 Å². The highest BCUT2D eigenvalue weighted by atomic mass is 28.4. The number of unbranched alkanes of at least 4 members (excludes halogenated alkanes) is 1. The minimum absolute atomic E-state index is 0.210. The minimum atomic E-state index is -2.08. The molecule has 0 bridgehead atoms. The highest BCUT2D eigenvalue weighted by Gasteiger charge is 2.49. The van der Waals surface area contributed by atoms with Crippen LogP contribution in [-0.4, -0.2) is 21.8 Å². The lowest BCUT2D eigenvalue weighted by Crippen LogP contribution is -2.51. The van der Waals surface area contributed by atoms with Crippen molar-refractivity contribution >= 4 is 8.56 Å². The molecule has 0 amide bonds. The van der Waals surface area contributed by atoms with E-state index in [1.54, 1.807) is 0 Å². The second-order valence-electron chi connectivity index (χ2n) is 5.79. The molecule has 110 valence electrons. The molecular weight excluding hydrogens is 240 g/mol. The SMILES string of the molecule is CCCCC(C)(C)[Si](CC)(OCCC)OCCC. The minimum Gasteiger partial charge on any atom is -0.394 e. The smallest absolute Gasteiger partial charge is 0.343 e. The van der Waals surface area contributed by atoms with Gasteiger partial charge in [0.05, 0.1) is 0 Å². The van der Waals surface area contributed by atoms with Crippen LogP contribution in [0.25, 0.3) is 0 Å². The number of rotatable bonds is 11. The molecule has 0 spiro atoms. The average Bonchev–Trinajstić information content (AvgIpc) is 2.37. The third-order valence-corrected chi connectivity index (χ3v) is 8.31. The van der Waals surface area contributed by atoms with E-state index < -0.39 is 8.56 Å². The van der Waals surface area contributed by atoms with E-state index in [9.17, 15) is 0 Å². The summed E-state index contributed by atoms with van der Waals surface area (Å²) < 4.78 is 12.6. The third-order valence-electron chi connectivity index (χ3n) is 3.73. The maximum Gasteiger partial charge on any atom is 0.343 e. The zero-order valence-electron chi connectivity index (χ0n) is 13.5. The lowest BCUT2D eigenvalue weighted by Gasteiger charge is -2.43. The third kappa shape index (κ3) is 5.02. The molecule has 0 aliphatic rings. The van der Waals surface area contributed by atoms with E-state index in [4.69, 9.17) is 8.85 Å². The van der Waals surface area contributed by atoms with Crippen LogP contribution in [-0.2, 0) is 8.85 Å². The average molecular weight is 275 g/mol. The molecule has 0 atom stereocenters. The molecule has 0 aliphatic carbocycles. The van der Waals surface area contributed by atoms with Crippen molar-refractivity contribution in [3.05, 3.63) is 0 Å². The fourth-order valence-electron chi connectivity index (χ4n) is 2.46. The quantitative estimate of drug-likeness (QED) is 0.478. The highest BCUT2D eigenvalue weighted by Crippen LogP contribution is 2.45. The molecule has 0 unspecified atom stereocenters. The molecule has 0 saturated carbocycles. The molecular formula is C15H34O2Si. The van der Waals surface area contributed by atoms with Crippen LogP contribution < -0.4 is 0 Å². The summed E-state index contributed by atoms with van der Waals surface area (Å²) in [5.41, 5.74) is 0. The van der Waals surface area contributed by atoms with E-state index in [-0.39, 0.29) is 5.04 Å². The fraction of sp³-hybridized carbons (Fsp3) is 1.00. The Morgan fingerprint density at radius 2 is 1.33 bits per heavy atom. The lowest BCUT2D eigenvalue weighted by molar-refractivity contribution is 0.142. The normalized spacial score (nSPS) is 13.0. The summed E-state index contributed by atoms with van der Waals surface area (Å²) >= 11 is 0. The first kappa shape index (κ1) is 18.1. The van der Waals surface area contributed by atoms with E-state index in [1.165, 1.54) is 19.3 Å². The first-order valence-electron chi connectivity index (χ1n) is 7.77. The zero-order chi connectivity index (χ0) is 14.1. The van der Waals surface area contributed by atoms with Gasteiger partial charge in [0, 0.05) is 18.3 Å². The van der Waals surface area contributed by atoms with Gasteiger partial charge in [0.1, 0.15) is 0 Å². The Hall–Kier alpha value is 0.137. The molecule has 0 aromatic carbocycles. The molecule has 2 nitrogen and oxygen atoms in total. The van der Waals surface area contributed by atoms with Gasteiger partial charge in [-0.3, -0.25) is 0 Å². The molecule has 0 N–H and O–H groups in total. The van der Waals surface area contributed by atoms with Crippen LogP contribution in [0.2, 0.25) is 11.1 Å². The maximum absolute atomic E-state index is 6.31. The summed E-state index contributed by atoms with van der Waals surface area (Å²) in [4.78, 5) is 0. The van der Waals surface area contributed by atoms with Gasteiger partial charge in [-0.2, -0.15) is 0 Å². The van der Waals surface area contributed by atoms with Crippen LogP contribution in [0.4, 0.5) is 0 Å². The lowest BCUT2D eigenvalue weighted by atomic mass is 10.1. The van der Waals surface area contributed by atoms with Crippen LogP contribution in [0.3, 0.4) is 0 Å². The van der Waals surface area contributed by atoms with Gasteiger partial charge in [0.15, 0.2) is 0 Å². The molecule has 0 aromatic heterocycles. The van der Waals surface area contributed by atoms with Gasteiger partial charge in [-0.25, -0.2) is 0 Å². The molecule has 0 heterocycles. The Labute approximate surface area is 116 Å². The van der Waals surface area contributed by atoms with Crippen molar-refractivity contribution in [1.82, 2.24) is 0 Å². The first-order valence-corrected chi connectivity index (χ1v) is 9.79. The van der Waals surface area contributed by atoms with Crippen LogP contribution in [0, 0.1) is 0 Å². The summed E-state index contributed by atoms with van der Waals surface area (Å²) in [6, 6.07) is 1.06. The standard InChI is InChI=1S/C15H34O2Si/c1-7-11-12-15(5,6)18(10-4,16-13-8-2)17-14-9-3/h7-14H2,1-6H3. The van der Waals surface area contributed by atoms with Crippen molar-refractivity contribution < 1.29 is 8.85 Å². The van der Waals surface area contributed by atoms with E-state index in [1.807, 2.05) is 0 Å². The van der Waals surface area contributed by atoms with Crippen LogP contribution in [0.5, 0.6) is 0 Å². The Bertz CT molecular complexity index is 197. The van der Waals surface area contributed by atoms with Gasteiger partial charge in [-0.15, -0.1) is 0 Å². The number of hydrogen-bond donors (Lipinski definition) is 0. The molecule has 0 aliphatic heterocycles. The summed E-state index contributed by atoms with van der Waals surface area (Å²) in [5.74, 6) is 0. The monoisotopic (exact) mass is 274 g/mol. The van der Waals surface area contributed by atoms with Gasteiger partial charge in [-0.1, -0.05) is 54.4 Å². The molecule has 0 rings (SSSR count). The van der Waals surface area contributed by atoms with Gasteiger partial charge in [-0.05, 0) is 25.3 Å². The fourth-order valence-corrected chi connectivity index (χ4v) is 6.31. The highest BCUT2D eigenvalue weighted by molar-refractivity contribution is 6.70. The van der Waals surface area contributed by atoms with Crippen molar-refractivity contribution in [3.63, 3.8) is 0 Å². The maximum atomic E-state index is 6.31. The van der Waals surface area contributed by atoms with E-state index in [2.05, 4.69) is 41.5 Å². The van der Waals surface area contributed by atoms with Gasteiger partial charge >= 0.3 is 8.56 Å². The first-order chi connectivity index (χ1) is 8.49. The van der Waals surface area contributed by atoms with Crippen molar-refractivity contribution in [2.24, 2.45) is 0 Å². The van der Waals surface area contributed by atoms with Crippen LogP contribution in [0.1, 0.15) is 73.6 Å². The molecule has 3 heteroatoms. The Balaban J connectivity index is 4.86. The zero-order valence-corrected chi connectivity index (χ0v) is 14.5. The molecule has 18 heavy (non-hydrogen) atoms. The molecule has 0 fully saturated rings. The predicted octanol–water partition coefficient (Wildman–Crippen LogP) is 5.27. The topological polar surface area (TPSA) is 18.5 Å². The van der Waals surface area contributed by atoms with Crippen molar-refractivity contribution in [1.29, 1.82) is 0 Å².